The number of rotatable bonds is 10. The van der Waals surface area contributed by atoms with Crippen LogP contribution in [0.15, 0.2) is 17.7 Å². The number of aromatic amines is 1. The molecule has 13 heteroatoms. The average Bonchev–Trinajstić information content (AvgIpc) is 3.12. The van der Waals surface area contributed by atoms with Crippen molar-refractivity contribution >= 4 is 46.6 Å². The molecule has 2 aromatic heterocycles. The fraction of sp³-hybridized carbons (Fsp3) is 0.400. The molecule has 0 aromatic carbocycles. The van der Waals surface area contributed by atoms with E-state index >= 15 is 0 Å². The lowest BCUT2D eigenvalue weighted by Crippen LogP contribution is -2.52. The third-order valence-electron chi connectivity index (χ3n) is 3.61. The molecule has 0 aliphatic heterocycles. The first-order valence-corrected chi connectivity index (χ1v) is 9.14. The number of carboxylic acids is 1. The maximum absolute atomic E-state index is 12.1. The van der Waals surface area contributed by atoms with Gasteiger partial charge in [-0.2, -0.15) is 0 Å². The summed E-state index contributed by atoms with van der Waals surface area (Å²) in [4.78, 5) is 61.1. The van der Waals surface area contributed by atoms with Crippen LogP contribution in [0, 0.1) is 0 Å². The summed E-state index contributed by atoms with van der Waals surface area (Å²) in [7, 11) is 0. The van der Waals surface area contributed by atoms with E-state index in [4.69, 9.17) is 10.8 Å². The van der Waals surface area contributed by atoms with Crippen LogP contribution in [0.4, 0.5) is 0 Å². The van der Waals surface area contributed by atoms with Crippen LogP contribution in [0.3, 0.4) is 0 Å². The molecule has 6 N–H and O–H groups in total. The van der Waals surface area contributed by atoms with Gasteiger partial charge >= 0.3 is 5.97 Å². The summed E-state index contributed by atoms with van der Waals surface area (Å²) in [5, 5.41) is 14.0. The average molecular weight is 409 g/mol. The monoisotopic (exact) mass is 409 g/mol. The summed E-state index contributed by atoms with van der Waals surface area (Å²) in [6.07, 6.45) is 2.34. The number of carbonyl (C=O) groups is 4. The van der Waals surface area contributed by atoms with Crippen molar-refractivity contribution in [2.45, 2.75) is 36.9 Å². The number of hydrogen-bond donors (Lipinski definition) is 5. The second-order valence-electron chi connectivity index (χ2n) is 5.75. The van der Waals surface area contributed by atoms with E-state index in [1.807, 2.05) is 0 Å². The third kappa shape index (κ3) is 5.90. The Morgan fingerprint density at radius 2 is 2.00 bits per heavy atom. The van der Waals surface area contributed by atoms with Gasteiger partial charge in [-0.05, 0) is 13.3 Å². The summed E-state index contributed by atoms with van der Waals surface area (Å²) >= 11 is 1.14. The molecule has 0 bridgehead atoms. The van der Waals surface area contributed by atoms with Crippen molar-refractivity contribution in [3.05, 3.63) is 12.7 Å². The number of carboxylic acid groups (broad SMARTS) is 1. The topological polar surface area (TPSA) is 193 Å². The van der Waals surface area contributed by atoms with Crippen molar-refractivity contribution in [2.24, 2.45) is 5.73 Å². The maximum atomic E-state index is 12.1. The first-order chi connectivity index (χ1) is 13.3. The minimum atomic E-state index is -1.13. The minimum absolute atomic E-state index is 0.0129. The van der Waals surface area contributed by atoms with Crippen LogP contribution in [0.25, 0.3) is 11.2 Å². The Labute approximate surface area is 163 Å². The highest BCUT2D eigenvalue weighted by Gasteiger charge is 2.23. The lowest BCUT2D eigenvalue weighted by Gasteiger charge is -2.18. The Bertz CT molecular complexity index is 887. The van der Waals surface area contributed by atoms with Crippen LogP contribution in [0.5, 0.6) is 0 Å². The molecule has 0 saturated carbocycles. The van der Waals surface area contributed by atoms with Crippen LogP contribution < -0.4 is 16.4 Å². The Morgan fingerprint density at radius 1 is 1.25 bits per heavy atom. The van der Waals surface area contributed by atoms with Gasteiger partial charge in [0.05, 0.1) is 12.1 Å². The maximum Gasteiger partial charge on any atom is 0.303 e. The molecular formula is C15H19N7O5S. The molecule has 0 radical (unpaired) electrons. The number of nitrogens with two attached hydrogens (primary N) is 1. The van der Waals surface area contributed by atoms with Crippen LogP contribution in [0.2, 0.25) is 0 Å². The van der Waals surface area contributed by atoms with Crippen molar-refractivity contribution in [1.29, 1.82) is 0 Å². The zero-order valence-electron chi connectivity index (χ0n) is 14.8. The van der Waals surface area contributed by atoms with Gasteiger partial charge in [0.25, 0.3) is 0 Å². The molecule has 2 heterocycles. The molecule has 3 amide bonds. The quantitative estimate of drug-likeness (QED) is 0.236. The summed E-state index contributed by atoms with van der Waals surface area (Å²) in [6, 6.07) is -2.08. The van der Waals surface area contributed by atoms with Gasteiger partial charge in [-0.3, -0.25) is 19.2 Å². The van der Waals surface area contributed by atoms with Crippen LogP contribution in [0.1, 0.15) is 19.8 Å². The minimum Gasteiger partial charge on any atom is -0.481 e. The van der Waals surface area contributed by atoms with E-state index in [9.17, 15) is 19.2 Å². The molecule has 2 aromatic rings. The predicted molar refractivity (Wildman–Crippen MR) is 98.0 cm³/mol. The zero-order chi connectivity index (χ0) is 20.7. The molecule has 0 aliphatic carbocycles. The van der Waals surface area contributed by atoms with Gasteiger partial charge in [-0.1, -0.05) is 11.8 Å². The van der Waals surface area contributed by atoms with Gasteiger partial charge < -0.3 is 26.5 Å². The fourth-order valence-corrected chi connectivity index (χ4v) is 2.95. The Balaban J connectivity index is 1.85. The number of thioether (sulfide) groups is 1. The molecule has 0 spiro atoms. The van der Waals surface area contributed by atoms with E-state index in [-0.39, 0.29) is 18.6 Å². The van der Waals surface area contributed by atoms with Crippen molar-refractivity contribution in [2.75, 3.05) is 5.75 Å². The molecule has 2 rings (SSSR count). The smallest absolute Gasteiger partial charge is 0.303 e. The number of carbonyl (C=O) groups excluding carboxylic acids is 3. The molecule has 0 unspecified atom stereocenters. The number of amides is 3. The number of nitrogens with one attached hydrogen (secondary N) is 3. The highest BCUT2D eigenvalue weighted by molar-refractivity contribution is 8.00. The number of aliphatic carboxylic acids is 1. The van der Waals surface area contributed by atoms with E-state index in [0.29, 0.717) is 16.2 Å². The number of nitrogens with zero attached hydrogens (tertiary/aromatic N) is 3. The zero-order valence-corrected chi connectivity index (χ0v) is 15.7. The van der Waals surface area contributed by atoms with Gasteiger partial charge in [-0.25, -0.2) is 15.0 Å². The van der Waals surface area contributed by atoms with Crippen LogP contribution in [-0.4, -0.2) is 66.6 Å². The summed E-state index contributed by atoms with van der Waals surface area (Å²) < 4.78 is 0. The normalized spacial score (nSPS) is 12.9. The third-order valence-corrected chi connectivity index (χ3v) is 4.60. The number of primary amides is 1. The molecular weight excluding hydrogens is 390 g/mol. The van der Waals surface area contributed by atoms with Gasteiger partial charge in [0.15, 0.2) is 5.65 Å². The summed E-state index contributed by atoms with van der Waals surface area (Å²) in [6.45, 7) is 1.44. The molecule has 28 heavy (non-hydrogen) atoms. The lowest BCUT2D eigenvalue weighted by molar-refractivity contribution is -0.137. The first-order valence-electron chi connectivity index (χ1n) is 8.15. The van der Waals surface area contributed by atoms with Gasteiger partial charge in [0, 0.05) is 6.42 Å². The Hall–Kier alpha value is -3.22. The van der Waals surface area contributed by atoms with E-state index in [1.165, 1.54) is 19.6 Å². The van der Waals surface area contributed by atoms with Crippen molar-refractivity contribution < 1.29 is 24.3 Å². The fourth-order valence-electron chi connectivity index (χ4n) is 2.19. The van der Waals surface area contributed by atoms with Gasteiger partial charge in [-0.15, -0.1) is 0 Å². The number of fused-ring (bicyclic) bond motifs is 1. The summed E-state index contributed by atoms with van der Waals surface area (Å²) in [5.41, 5.74) is 6.25. The number of H-pyrrole nitrogens is 1. The highest BCUT2D eigenvalue weighted by atomic mass is 32.2. The number of imidazole rings is 1. The van der Waals surface area contributed by atoms with Crippen LogP contribution in [-0.2, 0) is 19.2 Å². The molecule has 0 saturated heterocycles. The predicted octanol–water partition coefficient (Wildman–Crippen LogP) is -1.22. The van der Waals surface area contributed by atoms with E-state index in [0.717, 1.165) is 11.8 Å². The largest absolute Gasteiger partial charge is 0.481 e. The van der Waals surface area contributed by atoms with Gasteiger partial charge in [0.1, 0.15) is 29.0 Å². The lowest BCUT2D eigenvalue weighted by atomic mass is 10.1. The first kappa shape index (κ1) is 21.1. The highest BCUT2D eigenvalue weighted by Crippen LogP contribution is 2.21. The van der Waals surface area contributed by atoms with Crippen molar-refractivity contribution in [3.63, 3.8) is 0 Å². The molecule has 0 aliphatic rings. The van der Waals surface area contributed by atoms with Gasteiger partial charge in [0.2, 0.25) is 17.7 Å². The molecule has 150 valence electrons. The second-order valence-corrected chi connectivity index (χ2v) is 6.72. The Kier molecular flexibility index (Phi) is 7.26. The standard InChI is InChI=1S/C15H19N7O5S/c1-7(14(27)22-8(12(16)26)2-3-10(24)25)21-9(23)4-28-15-11-13(18-5-17-11)19-6-20-15/h5-8H,2-4H2,1H3,(H2,16,26)(H,21,23)(H,22,27)(H,24,25)(H,17,18,19,20)/t7-,8-/m0/s1. The van der Waals surface area contributed by atoms with E-state index in [2.05, 4.69) is 30.6 Å². The molecule has 0 fully saturated rings. The number of aromatic nitrogens is 4. The Morgan fingerprint density at radius 3 is 2.68 bits per heavy atom. The summed E-state index contributed by atoms with van der Waals surface area (Å²) in [5.74, 6) is -3.06. The molecule has 2 atom stereocenters. The van der Waals surface area contributed by atoms with Crippen molar-refractivity contribution in [1.82, 2.24) is 30.6 Å². The SMILES string of the molecule is C[C@H](NC(=O)CSc1ncnc2nc[nH]c12)C(=O)N[C@@H](CCC(=O)O)C(N)=O. The van der Waals surface area contributed by atoms with Crippen molar-refractivity contribution in [3.8, 4) is 0 Å². The van der Waals surface area contributed by atoms with E-state index in [1.54, 1.807) is 0 Å². The van der Waals surface area contributed by atoms with E-state index < -0.39 is 35.8 Å². The molecule has 12 nitrogen and oxygen atoms in total. The number of hydrogen-bond acceptors (Lipinski definition) is 8. The second kappa shape index (κ2) is 9.64. The van der Waals surface area contributed by atoms with Crippen LogP contribution >= 0.6 is 11.8 Å².